The van der Waals surface area contributed by atoms with Crippen LogP contribution in [0.15, 0.2) is 24.4 Å². The molecule has 0 spiro atoms. The summed E-state index contributed by atoms with van der Waals surface area (Å²) in [6, 6.07) is 2.60. The Bertz CT molecular complexity index is 793. The number of nitrogens with zero attached hydrogens (tertiary/aromatic N) is 1. The first kappa shape index (κ1) is 18.1. The molecule has 1 aromatic carbocycles. The standard InChI is InChI=1S/C13H9ClF3N3O.ClH/c14-6-3-7(13(19)21)12(18)20(4-6)5-8-9(15)1-2-10(16)11(8)17;/h1-4,18H,5H2,(H2,19,21);1H. The van der Waals surface area contributed by atoms with Crippen LogP contribution in [-0.2, 0) is 6.54 Å². The zero-order valence-electron chi connectivity index (χ0n) is 10.9. The summed E-state index contributed by atoms with van der Waals surface area (Å²) in [6.07, 6.45) is 1.19. The molecule has 0 fully saturated rings. The highest BCUT2D eigenvalue weighted by atomic mass is 35.5. The van der Waals surface area contributed by atoms with Crippen LogP contribution in [0.1, 0.15) is 15.9 Å². The van der Waals surface area contributed by atoms with Gasteiger partial charge in [-0.1, -0.05) is 11.6 Å². The number of halogens is 5. The van der Waals surface area contributed by atoms with Crippen molar-refractivity contribution in [1.29, 1.82) is 5.41 Å². The van der Waals surface area contributed by atoms with Crippen molar-refractivity contribution >= 4 is 29.9 Å². The Hall–Kier alpha value is -1.99. The molecule has 0 atom stereocenters. The number of benzene rings is 1. The zero-order chi connectivity index (χ0) is 15.7. The number of pyridine rings is 1. The second-order valence-corrected chi connectivity index (χ2v) is 4.67. The number of rotatable bonds is 3. The Morgan fingerprint density at radius 1 is 1.27 bits per heavy atom. The average molecular weight is 352 g/mol. The van der Waals surface area contributed by atoms with Crippen LogP contribution in [0, 0.1) is 22.9 Å². The third-order valence-electron chi connectivity index (χ3n) is 2.84. The predicted molar refractivity (Wildman–Crippen MR) is 76.5 cm³/mol. The first-order valence-electron chi connectivity index (χ1n) is 5.68. The zero-order valence-corrected chi connectivity index (χ0v) is 12.4. The van der Waals surface area contributed by atoms with E-state index in [0.717, 1.165) is 10.6 Å². The molecular weight excluding hydrogens is 342 g/mol. The van der Waals surface area contributed by atoms with E-state index in [1.165, 1.54) is 12.3 Å². The maximum Gasteiger partial charge on any atom is 0.252 e. The summed E-state index contributed by atoms with van der Waals surface area (Å²) in [5.74, 6) is -4.45. The molecule has 4 nitrogen and oxygen atoms in total. The molecule has 0 bridgehead atoms. The minimum absolute atomic E-state index is 0. The molecule has 118 valence electrons. The van der Waals surface area contributed by atoms with E-state index in [4.69, 9.17) is 22.7 Å². The van der Waals surface area contributed by atoms with Crippen molar-refractivity contribution in [1.82, 2.24) is 4.57 Å². The van der Waals surface area contributed by atoms with Gasteiger partial charge in [-0.15, -0.1) is 12.4 Å². The number of primary amides is 1. The smallest absolute Gasteiger partial charge is 0.252 e. The summed E-state index contributed by atoms with van der Waals surface area (Å²) in [5, 5.41) is 7.84. The highest BCUT2D eigenvalue weighted by molar-refractivity contribution is 6.30. The number of hydrogen-bond acceptors (Lipinski definition) is 2. The van der Waals surface area contributed by atoms with Crippen LogP contribution in [0.3, 0.4) is 0 Å². The third kappa shape index (κ3) is 3.42. The first-order valence-corrected chi connectivity index (χ1v) is 6.05. The molecule has 0 unspecified atom stereocenters. The average Bonchev–Trinajstić information content (AvgIpc) is 2.42. The Morgan fingerprint density at radius 2 is 1.86 bits per heavy atom. The lowest BCUT2D eigenvalue weighted by Gasteiger charge is -2.11. The molecule has 2 aromatic rings. The van der Waals surface area contributed by atoms with Gasteiger partial charge in [0.05, 0.1) is 17.1 Å². The number of hydrogen-bond donors (Lipinski definition) is 2. The maximum absolute atomic E-state index is 13.6. The van der Waals surface area contributed by atoms with E-state index < -0.39 is 35.5 Å². The molecular formula is C13H10Cl2F3N3O. The number of nitrogens with one attached hydrogen (secondary N) is 1. The second-order valence-electron chi connectivity index (χ2n) is 4.23. The van der Waals surface area contributed by atoms with E-state index in [0.29, 0.717) is 6.07 Å². The van der Waals surface area contributed by atoms with E-state index in [9.17, 15) is 18.0 Å². The topological polar surface area (TPSA) is 71.9 Å². The second kappa shape index (κ2) is 6.85. The molecule has 0 saturated heterocycles. The number of aromatic nitrogens is 1. The normalized spacial score (nSPS) is 10.2. The molecule has 1 amide bonds. The van der Waals surface area contributed by atoms with E-state index in [1.54, 1.807) is 0 Å². The molecule has 0 saturated carbocycles. The van der Waals surface area contributed by atoms with Crippen molar-refractivity contribution in [2.75, 3.05) is 0 Å². The quantitative estimate of drug-likeness (QED) is 0.819. The minimum atomic E-state index is -1.36. The van der Waals surface area contributed by atoms with E-state index >= 15 is 0 Å². The van der Waals surface area contributed by atoms with Crippen LogP contribution in [0.4, 0.5) is 13.2 Å². The van der Waals surface area contributed by atoms with Crippen LogP contribution in [0.2, 0.25) is 5.02 Å². The van der Waals surface area contributed by atoms with Gasteiger partial charge in [0, 0.05) is 11.8 Å². The molecule has 0 aliphatic heterocycles. The van der Waals surface area contributed by atoms with E-state index in [1.807, 2.05) is 0 Å². The third-order valence-corrected chi connectivity index (χ3v) is 3.04. The van der Waals surface area contributed by atoms with Crippen LogP contribution >= 0.6 is 24.0 Å². The molecule has 9 heteroatoms. The summed E-state index contributed by atoms with van der Waals surface area (Å²) in [6.45, 7) is -0.505. The van der Waals surface area contributed by atoms with Crippen molar-refractivity contribution in [3.63, 3.8) is 0 Å². The fourth-order valence-corrected chi connectivity index (χ4v) is 2.04. The molecule has 2 rings (SSSR count). The van der Waals surface area contributed by atoms with Gasteiger partial charge in [-0.2, -0.15) is 0 Å². The Morgan fingerprint density at radius 3 is 2.45 bits per heavy atom. The van der Waals surface area contributed by atoms with Gasteiger partial charge >= 0.3 is 0 Å². The lowest BCUT2D eigenvalue weighted by atomic mass is 10.1. The molecule has 1 heterocycles. The number of nitrogens with two attached hydrogens (primary N) is 1. The summed E-state index contributed by atoms with van der Waals surface area (Å²) in [7, 11) is 0. The molecule has 0 aliphatic carbocycles. The van der Waals surface area contributed by atoms with Crippen LogP contribution < -0.4 is 11.2 Å². The first-order chi connectivity index (χ1) is 9.81. The lowest BCUT2D eigenvalue weighted by molar-refractivity contribution is 0.0998. The van der Waals surface area contributed by atoms with Gasteiger partial charge in [0.25, 0.3) is 5.91 Å². The van der Waals surface area contributed by atoms with Crippen molar-refractivity contribution in [2.24, 2.45) is 5.73 Å². The number of carbonyl (C=O) groups excluding carboxylic acids is 1. The van der Waals surface area contributed by atoms with Gasteiger partial charge in [-0.05, 0) is 18.2 Å². The van der Waals surface area contributed by atoms with E-state index in [2.05, 4.69) is 0 Å². The number of amides is 1. The molecule has 3 N–H and O–H groups in total. The largest absolute Gasteiger partial charge is 0.365 e. The van der Waals surface area contributed by atoms with Crippen molar-refractivity contribution in [2.45, 2.75) is 6.54 Å². The SMILES string of the molecule is Cl.N=c1c(C(N)=O)cc(Cl)cn1Cc1c(F)ccc(F)c1F. The van der Waals surface area contributed by atoms with E-state index in [-0.39, 0.29) is 28.5 Å². The van der Waals surface area contributed by atoms with Crippen LogP contribution in [-0.4, -0.2) is 10.5 Å². The highest BCUT2D eigenvalue weighted by Gasteiger charge is 2.16. The fourth-order valence-electron chi connectivity index (χ4n) is 1.81. The summed E-state index contributed by atoms with van der Waals surface area (Å²) in [5.41, 5.74) is 3.92. The number of carbonyl (C=O) groups is 1. The van der Waals surface area contributed by atoms with Crippen LogP contribution in [0.25, 0.3) is 0 Å². The summed E-state index contributed by atoms with van der Waals surface area (Å²) in [4.78, 5) is 11.2. The van der Waals surface area contributed by atoms with Crippen molar-refractivity contribution in [3.8, 4) is 0 Å². The fraction of sp³-hybridized carbons (Fsp3) is 0.0769. The summed E-state index contributed by atoms with van der Waals surface area (Å²) >= 11 is 5.77. The Balaban J connectivity index is 0.00000242. The van der Waals surface area contributed by atoms with Gasteiger partial charge in [-0.3, -0.25) is 10.2 Å². The van der Waals surface area contributed by atoms with Gasteiger partial charge in [0.1, 0.15) is 11.3 Å². The predicted octanol–water partition coefficient (Wildman–Crippen LogP) is 2.61. The van der Waals surface area contributed by atoms with Crippen LogP contribution in [0.5, 0.6) is 0 Å². The van der Waals surface area contributed by atoms with Gasteiger partial charge in [0.2, 0.25) is 0 Å². The maximum atomic E-state index is 13.6. The molecule has 1 aromatic heterocycles. The minimum Gasteiger partial charge on any atom is -0.365 e. The molecule has 0 radical (unpaired) electrons. The lowest BCUT2D eigenvalue weighted by Crippen LogP contribution is -2.30. The molecule has 22 heavy (non-hydrogen) atoms. The van der Waals surface area contributed by atoms with Crippen molar-refractivity contribution < 1.29 is 18.0 Å². The monoisotopic (exact) mass is 351 g/mol. The Labute approximate surface area is 134 Å². The van der Waals surface area contributed by atoms with Gasteiger partial charge in [-0.25, -0.2) is 13.2 Å². The Kier molecular flexibility index (Phi) is 5.62. The summed E-state index contributed by atoms with van der Waals surface area (Å²) < 4.78 is 41.4. The molecule has 0 aliphatic rings. The highest BCUT2D eigenvalue weighted by Crippen LogP contribution is 2.17. The van der Waals surface area contributed by atoms with Gasteiger partial charge in [0.15, 0.2) is 11.6 Å². The van der Waals surface area contributed by atoms with Gasteiger partial charge < -0.3 is 10.3 Å². The van der Waals surface area contributed by atoms with Crippen molar-refractivity contribution in [3.05, 3.63) is 63.5 Å².